The smallest absolute Gasteiger partial charge is 0.330 e. The molecule has 1 saturated carbocycles. The van der Waals surface area contributed by atoms with Crippen molar-refractivity contribution in [1.82, 2.24) is 5.32 Å². The molecule has 1 aliphatic carbocycles. The zero-order valence-corrected chi connectivity index (χ0v) is 15.0. The van der Waals surface area contributed by atoms with Gasteiger partial charge in [-0.1, -0.05) is 36.9 Å². The maximum atomic E-state index is 12.9. The van der Waals surface area contributed by atoms with E-state index >= 15 is 0 Å². The molecule has 2 aliphatic rings. The number of halogens is 1. The van der Waals surface area contributed by atoms with Gasteiger partial charge in [-0.3, -0.25) is 0 Å². The lowest BCUT2D eigenvalue weighted by Gasteiger charge is -2.27. The average molecular weight is 350 g/mol. The number of hydrogen-bond acceptors (Lipinski definition) is 3. The lowest BCUT2D eigenvalue weighted by atomic mass is 9.96. The molecule has 0 spiro atoms. The van der Waals surface area contributed by atoms with E-state index in [1.807, 2.05) is 26.0 Å². The van der Waals surface area contributed by atoms with Crippen molar-refractivity contribution in [1.29, 1.82) is 0 Å². The summed E-state index contributed by atoms with van der Waals surface area (Å²) in [6.45, 7) is 4.42. The molecule has 1 heterocycles. The first-order valence-corrected chi connectivity index (χ1v) is 8.91. The molecule has 0 saturated heterocycles. The van der Waals surface area contributed by atoms with Crippen LogP contribution in [0.1, 0.15) is 46.0 Å². The van der Waals surface area contributed by atoms with E-state index in [1.54, 1.807) is 12.1 Å². The van der Waals surface area contributed by atoms with Crippen LogP contribution in [0.15, 0.2) is 29.3 Å². The number of amidine groups is 1. The Kier molecular flexibility index (Phi) is 4.99. The topological polar surface area (TPSA) is 53.9 Å². The molecule has 0 bridgehead atoms. The summed E-state index contributed by atoms with van der Waals surface area (Å²) >= 11 is 6.11. The summed E-state index contributed by atoms with van der Waals surface area (Å²) in [7, 11) is 0. The Labute approximate surface area is 148 Å². The minimum atomic E-state index is -0.336. The van der Waals surface area contributed by atoms with Crippen LogP contribution in [0.5, 0.6) is 0 Å². The van der Waals surface area contributed by atoms with Gasteiger partial charge in [0.05, 0.1) is 11.2 Å². The van der Waals surface area contributed by atoms with Gasteiger partial charge in [-0.05, 0) is 44.9 Å². The Bertz CT molecular complexity index is 639. The molecule has 5 nitrogen and oxygen atoms in total. The highest BCUT2D eigenvalue weighted by atomic mass is 35.5. The second-order valence-electron chi connectivity index (χ2n) is 7.10. The number of nitrogens with one attached hydrogen (secondary N) is 1. The fraction of sp³-hybridized carbons (Fsp3) is 0.556. The van der Waals surface area contributed by atoms with E-state index in [4.69, 9.17) is 16.3 Å². The van der Waals surface area contributed by atoms with Gasteiger partial charge in [0.25, 0.3) is 0 Å². The third-order valence-electron chi connectivity index (χ3n) is 4.35. The van der Waals surface area contributed by atoms with E-state index in [2.05, 4.69) is 10.3 Å². The number of hydrogen-bond donors (Lipinski definition) is 1. The van der Waals surface area contributed by atoms with Crippen LogP contribution in [0.4, 0.5) is 10.5 Å². The van der Waals surface area contributed by atoms with E-state index in [9.17, 15) is 4.79 Å². The largest absolute Gasteiger partial charge is 0.462 e. The van der Waals surface area contributed by atoms with Gasteiger partial charge in [-0.2, -0.15) is 0 Å². The molecule has 1 aromatic rings. The summed E-state index contributed by atoms with van der Waals surface area (Å²) in [5.74, 6) is 0. The second-order valence-corrected chi connectivity index (χ2v) is 7.53. The Hall–Kier alpha value is -1.75. The van der Waals surface area contributed by atoms with Crippen LogP contribution in [0.2, 0.25) is 5.02 Å². The molecule has 0 unspecified atom stereocenters. The fourth-order valence-corrected chi connectivity index (χ4v) is 3.28. The lowest BCUT2D eigenvalue weighted by Crippen LogP contribution is -2.48. The van der Waals surface area contributed by atoms with E-state index in [1.165, 1.54) is 11.3 Å². The monoisotopic (exact) mass is 349 g/mol. The van der Waals surface area contributed by atoms with Crippen molar-refractivity contribution in [2.75, 3.05) is 11.5 Å². The molecule has 6 heteroatoms. The van der Waals surface area contributed by atoms with Crippen molar-refractivity contribution < 1.29 is 9.53 Å². The lowest BCUT2D eigenvalue weighted by molar-refractivity contribution is 0.236. The highest BCUT2D eigenvalue weighted by Crippen LogP contribution is 2.26. The van der Waals surface area contributed by atoms with Crippen molar-refractivity contribution in [3.8, 4) is 0 Å². The molecule has 1 aliphatic heterocycles. The van der Waals surface area contributed by atoms with Gasteiger partial charge >= 0.3 is 12.1 Å². The minimum absolute atomic E-state index is 0.208. The van der Waals surface area contributed by atoms with Crippen LogP contribution >= 0.6 is 11.6 Å². The van der Waals surface area contributed by atoms with E-state index in [0.717, 1.165) is 25.7 Å². The Morgan fingerprint density at radius 3 is 2.71 bits per heavy atom. The summed E-state index contributed by atoms with van der Waals surface area (Å²) in [5.41, 5.74) is 0.323. The first-order valence-electron chi connectivity index (χ1n) is 8.53. The van der Waals surface area contributed by atoms with Gasteiger partial charge in [-0.25, -0.2) is 14.7 Å². The highest BCUT2D eigenvalue weighted by molar-refractivity contribution is 6.31. The predicted octanol–water partition coefficient (Wildman–Crippen LogP) is 4.35. The minimum Gasteiger partial charge on any atom is -0.462 e. The number of amides is 2. The average Bonchev–Trinajstić information content (AvgIpc) is 2.88. The summed E-state index contributed by atoms with van der Waals surface area (Å²) < 4.78 is 5.71. The molecule has 0 aromatic heterocycles. The Morgan fingerprint density at radius 1 is 1.33 bits per heavy atom. The Morgan fingerprint density at radius 2 is 2.08 bits per heavy atom. The summed E-state index contributed by atoms with van der Waals surface area (Å²) in [5, 5.41) is 3.69. The highest BCUT2D eigenvalue weighted by Gasteiger charge is 2.34. The van der Waals surface area contributed by atoms with Crippen LogP contribution in [-0.4, -0.2) is 30.2 Å². The fourth-order valence-electron chi connectivity index (χ4n) is 3.10. The standard InChI is InChI=1S/C18H24ClN3O2/c1-18(2)12-24-17(21-18)22(15-10-6-7-13(19)11-15)16(23)20-14-8-4-3-5-9-14/h6-7,10-11,14H,3-5,8-9,12H2,1-2H3,(H,20,23). The number of aliphatic imine (C=N–C) groups is 1. The number of carbonyl (C=O) groups is 1. The molecular formula is C18H24ClN3O2. The maximum absolute atomic E-state index is 12.9. The van der Waals surface area contributed by atoms with Crippen molar-refractivity contribution in [3.63, 3.8) is 0 Å². The van der Waals surface area contributed by atoms with Gasteiger partial charge in [0, 0.05) is 11.1 Å². The third-order valence-corrected chi connectivity index (χ3v) is 4.58. The van der Waals surface area contributed by atoms with Crippen LogP contribution in [0.25, 0.3) is 0 Å². The molecule has 1 aromatic carbocycles. The predicted molar refractivity (Wildman–Crippen MR) is 96.8 cm³/mol. The number of urea groups is 1. The van der Waals surface area contributed by atoms with E-state index in [-0.39, 0.29) is 17.6 Å². The molecule has 1 fully saturated rings. The van der Waals surface area contributed by atoms with Gasteiger partial charge in [0.1, 0.15) is 6.61 Å². The molecule has 0 radical (unpaired) electrons. The van der Waals surface area contributed by atoms with E-state index in [0.29, 0.717) is 23.3 Å². The van der Waals surface area contributed by atoms with Crippen LogP contribution in [0, 0.1) is 0 Å². The number of nitrogens with zero attached hydrogens (tertiary/aromatic N) is 2. The number of benzene rings is 1. The zero-order valence-electron chi connectivity index (χ0n) is 14.2. The zero-order chi connectivity index (χ0) is 17.2. The number of carbonyl (C=O) groups excluding carboxylic acids is 1. The molecule has 24 heavy (non-hydrogen) atoms. The summed E-state index contributed by atoms with van der Waals surface area (Å²) in [4.78, 5) is 19.0. The first kappa shape index (κ1) is 17.1. The second kappa shape index (κ2) is 7.01. The van der Waals surface area contributed by atoms with E-state index < -0.39 is 0 Å². The molecule has 130 valence electrons. The van der Waals surface area contributed by atoms with Crippen LogP contribution in [-0.2, 0) is 4.74 Å². The van der Waals surface area contributed by atoms with Crippen LogP contribution in [0.3, 0.4) is 0 Å². The van der Waals surface area contributed by atoms with Crippen molar-refractivity contribution in [2.24, 2.45) is 4.99 Å². The maximum Gasteiger partial charge on any atom is 0.330 e. The first-order chi connectivity index (χ1) is 11.4. The molecule has 2 amide bonds. The SMILES string of the molecule is CC1(C)COC(N(C(=O)NC2CCCCC2)c2cccc(Cl)c2)=N1. The quantitative estimate of drug-likeness (QED) is 0.862. The summed E-state index contributed by atoms with van der Waals surface area (Å²) in [6, 6.07) is 7.52. The molecule has 0 atom stereocenters. The number of ether oxygens (including phenoxy) is 1. The van der Waals surface area contributed by atoms with Gasteiger partial charge in [0.15, 0.2) is 0 Å². The van der Waals surface area contributed by atoms with Crippen LogP contribution < -0.4 is 10.2 Å². The van der Waals surface area contributed by atoms with Crippen molar-refractivity contribution >= 4 is 29.3 Å². The van der Waals surface area contributed by atoms with Gasteiger partial charge in [-0.15, -0.1) is 0 Å². The van der Waals surface area contributed by atoms with Crippen molar-refractivity contribution in [3.05, 3.63) is 29.3 Å². The number of anilines is 1. The Balaban J connectivity index is 1.85. The molecule has 3 rings (SSSR count). The summed E-state index contributed by atoms with van der Waals surface area (Å²) in [6.07, 6.45) is 5.61. The van der Waals surface area contributed by atoms with Gasteiger partial charge < -0.3 is 10.1 Å². The van der Waals surface area contributed by atoms with Crippen molar-refractivity contribution in [2.45, 2.75) is 57.5 Å². The number of rotatable bonds is 2. The molecule has 1 N–H and O–H groups in total. The molecular weight excluding hydrogens is 326 g/mol. The van der Waals surface area contributed by atoms with Gasteiger partial charge in [0.2, 0.25) is 0 Å². The third kappa shape index (κ3) is 4.01. The normalized spacial score (nSPS) is 20.2.